The first kappa shape index (κ1) is 10.8. The predicted octanol–water partition coefficient (Wildman–Crippen LogP) is 2.47. The van der Waals surface area contributed by atoms with Gasteiger partial charge in [-0.1, -0.05) is 18.2 Å². The van der Waals surface area contributed by atoms with Gasteiger partial charge in [0.15, 0.2) is 0 Å². The summed E-state index contributed by atoms with van der Waals surface area (Å²) in [6.07, 6.45) is 3.98. The third-order valence-electron chi connectivity index (χ3n) is 3.93. The number of rotatable bonds is 4. The summed E-state index contributed by atoms with van der Waals surface area (Å²) in [5.74, 6) is 0. The van der Waals surface area contributed by atoms with Crippen molar-refractivity contribution in [1.29, 1.82) is 0 Å². The maximum Gasteiger partial charge on any atom is 0.134 e. The van der Waals surface area contributed by atoms with Crippen molar-refractivity contribution in [2.75, 3.05) is 13.7 Å². The molecule has 0 amide bonds. The highest BCUT2D eigenvalue weighted by Crippen LogP contribution is 2.55. The molecule has 1 saturated carbocycles. The van der Waals surface area contributed by atoms with Gasteiger partial charge >= 0.3 is 0 Å². The fourth-order valence-electron chi connectivity index (χ4n) is 2.71. The molecule has 1 unspecified atom stereocenters. The Morgan fingerprint density at radius 2 is 2.18 bits per heavy atom. The number of aliphatic hydroxyl groups excluding tert-OH is 1. The molecule has 1 aliphatic carbocycles. The van der Waals surface area contributed by atoms with Crippen LogP contribution in [0.5, 0.6) is 0 Å². The smallest absolute Gasteiger partial charge is 0.134 e. The van der Waals surface area contributed by atoms with Crippen LogP contribution >= 0.6 is 0 Å². The molecule has 3 nitrogen and oxygen atoms in total. The quantitative estimate of drug-likeness (QED) is 0.849. The van der Waals surface area contributed by atoms with E-state index in [1.165, 1.54) is 0 Å². The van der Waals surface area contributed by atoms with E-state index in [1.54, 1.807) is 0 Å². The Kier molecular flexibility index (Phi) is 2.45. The molecule has 3 rings (SSSR count). The summed E-state index contributed by atoms with van der Waals surface area (Å²) < 4.78 is 5.58. The first-order valence-corrected chi connectivity index (χ1v) is 6.05. The molecule has 1 aromatic heterocycles. The average molecular weight is 231 g/mol. The number of nitrogens with one attached hydrogen (secondary N) is 1. The molecule has 1 fully saturated rings. The van der Waals surface area contributed by atoms with Crippen molar-refractivity contribution in [1.82, 2.24) is 5.32 Å². The van der Waals surface area contributed by atoms with E-state index < -0.39 is 0 Å². The highest BCUT2D eigenvalue weighted by Gasteiger charge is 2.49. The van der Waals surface area contributed by atoms with E-state index in [-0.39, 0.29) is 18.1 Å². The van der Waals surface area contributed by atoms with E-state index in [1.807, 2.05) is 31.5 Å². The standard InChI is InChI=1S/C14H17NO2/c1-15-13(14(9-16)6-7-14)11-8-17-12-5-3-2-4-10(11)12/h2-5,8,13,15-16H,6-7,9H2,1H3. The monoisotopic (exact) mass is 231 g/mol. The Morgan fingerprint density at radius 3 is 2.82 bits per heavy atom. The van der Waals surface area contributed by atoms with Gasteiger partial charge in [0.05, 0.1) is 12.9 Å². The Hall–Kier alpha value is -1.32. The largest absolute Gasteiger partial charge is 0.464 e. The molecule has 17 heavy (non-hydrogen) atoms. The van der Waals surface area contributed by atoms with Crippen LogP contribution in [0.3, 0.4) is 0 Å². The zero-order valence-corrected chi connectivity index (χ0v) is 9.94. The van der Waals surface area contributed by atoms with Crippen molar-refractivity contribution >= 4 is 11.0 Å². The lowest BCUT2D eigenvalue weighted by atomic mass is 9.90. The molecular formula is C14H17NO2. The van der Waals surface area contributed by atoms with Crippen molar-refractivity contribution in [2.24, 2.45) is 5.41 Å². The van der Waals surface area contributed by atoms with Crippen LogP contribution in [0.1, 0.15) is 24.4 Å². The molecule has 0 bridgehead atoms. The third kappa shape index (κ3) is 1.58. The number of hydrogen-bond donors (Lipinski definition) is 2. The van der Waals surface area contributed by atoms with Crippen LogP contribution in [0.15, 0.2) is 34.9 Å². The number of aliphatic hydroxyl groups is 1. The molecule has 0 aliphatic heterocycles. The summed E-state index contributed by atoms with van der Waals surface area (Å²) in [5, 5.41) is 14.0. The Labute approximate surface area is 100 Å². The SMILES string of the molecule is CNC(c1coc2ccccc12)C1(CO)CC1. The average Bonchev–Trinajstić information content (AvgIpc) is 3.05. The summed E-state index contributed by atoms with van der Waals surface area (Å²) in [6.45, 7) is 0.234. The van der Waals surface area contributed by atoms with Crippen LogP contribution in [-0.4, -0.2) is 18.8 Å². The summed E-state index contributed by atoms with van der Waals surface area (Å²) >= 11 is 0. The van der Waals surface area contributed by atoms with E-state index in [4.69, 9.17) is 4.42 Å². The Bertz CT molecular complexity index is 528. The van der Waals surface area contributed by atoms with E-state index in [0.29, 0.717) is 0 Å². The molecular weight excluding hydrogens is 214 g/mol. The van der Waals surface area contributed by atoms with Gasteiger partial charge in [-0.05, 0) is 26.0 Å². The van der Waals surface area contributed by atoms with Gasteiger partial charge in [-0.2, -0.15) is 0 Å². The molecule has 0 spiro atoms. The van der Waals surface area contributed by atoms with Gasteiger partial charge in [-0.25, -0.2) is 0 Å². The number of fused-ring (bicyclic) bond motifs is 1. The summed E-state index contributed by atoms with van der Waals surface area (Å²) in [6, 6.07) is 8.22. The normalized spacial score (nSPS) is 19.4. The van der Waals surface area contributed by atoms with E-state index in [2.05, 4.69) is 11.4 Å². The number of benzene rings is 1. The van der Waals surface area contributed by atoms with Crippen molar-refractivity contribution in [2.45, 2.75) is 18.9 Å². The van der Waals surface area contributed by atoms with Crippen LogP contribution in [0, 0.1) is 5.41 Å². The molecule has 1 heterocycles. The topological polar surface area (TPSA) is 45.4 Å². The lowest BCUT2D eigenvalue weighted by Crippen LogP contribution is -2.28. The lowest BCUT2D eigenvalue weighted by molar-refractivity contribution is 0.175. The molecule has 2 aromatic rings. The fraction of sp³-hybridized carbons (Fsp3) is 0.429. The van der Waals surface area contributed by atoms with Crippen molar-refractivity contribution in [3.8, 4) is 0 Å². The molecule has 1 atom stereocenters. The Morgan fingerprint density at radius 1 is 1.41 bits per heavy atom. The molecule has 0 radical (unpaired) electrons. The van der Waals surface area contributed by atoms with Crippen LogP contribution in [0.2, 0.25) is 0 Å². The van der Waals surface area contributed by atoms with Crippen LogP contribution in [-0.2, 0) is 0 Å². The molecule has 3 heteroatoms. The second-order valence-electron chi connectivity index (χ2n) is 4.93. The second-order valence-corrected chi connectivity index (χ2v) is 4.93. The molecule has 1 aromatic carbocycles. The zero-order chi connectivity index (χ0) is 11.9. The summed E-state index contributed by atoms with van der Waals surface area (Å²) in [7, 11) is 1.95. The maximum atomic E-state index is 9.56. The molecule has 1 aliphatic rings. The first-order valence-electron chi connectivity index (χ1n) is 6.05. The second kappa shape index (κ2) is 3.86. The van der Waals surface area contributed by atoms with E-state index >= 15 is 0 Å². The van der Waals surface area contributed by atoms with E-state index in [0.717, 1.165) is 29.4 Å². The number of furan rings is 1. The fourth-order valence-corrected chi connectivity index (χ4v) is 2.71. The van der Waals surface area contributed by atoms with Gasteiger partial charge in [0.1, 0.15) is 5.58 Å². The van der Waals surface area contributed by atoms with Gasteiger partial charge in [0.25, 0.3) is 0 Å². The molecule has 2 N–H and O–H groups in total. The lowest BCUT2D eigenvalue weighted by Gasteiger charge is -2.24. The van der Waals surface area contributed by atoms with Crippen LogP contribution < -0.4 is 5.32 Å². The van der Waals surface area contributed by atoms with Crippen LogP contribution in [0.4, 0.5) is 0 Å². The maximum absolute atomic E-state index is 9.56. The van der Waals surface area contributed by atoms with Crippen LogP contribution in [0.25, 0.3) is 11.0 Å². The van der Waals surface area contributed by atoms with Crippen molar-refractivity contribution < 1.29 is 9.52 Å². The van der Waals surface area contributed by atoms with Gasteiger partial charge in [-0.3, -0.25) is 0 Å². The highest BCUT2D eigenvalue weighted by atomic mass is 16.3. The number of hydrogen-bond acceptors (Lipinski definition) is 3. The van der Waals surface area contributed by atoms with E-state index in [9.17, 15) is 5.11 Å². The van der Waals surface area contributed by atoms with Gasteiger partial charge in [0.2, 0.25) is 0 Å². The van der Waals surface area contributed by atoms with Gasteiger partial charge < -0.3 is 14.8 Å². The first-order chi connectivity index (χ1) is 8.30. The minimum Gasteiger partial charge on any atom is -0.464 e. The number of para-hydroxylation sites is 1. The van der Waals surface area contributed by atoms with Gasteiger partial charge in [0, 0.05) is 22.4 Å². The molecule has 0 saturated heterocycles. The van der Waals surface area contributed by atoms with Crippen molar-refractivity contribution in [3.63, 3.8) is 0 Å². The predicted molar refractivity (Wildman–Crippen MR) is 66.8 cm³/mol. The Balaban J connectivity index is 2.07. The van der Waals surface area contributed by atoms with Gasteiger partial charge in [-0.15, -0.1) is 0 Å². The minimum atomic E-state index is 0.0153. The minimum absolute atomic E-state index is 0.0153. The van der Waals surface area contributed by atoms with Crippen molar-refractivity contribution in [3.05, 3.63) is 36.1 Å². The third-order valence-corrected chi connectivity index (χ3v) is 3.93. The molecule has 90 valence electrons. The summed E-state index contributed by atoms with van der Waals surface area (Å²) in [5.41, 5.74) is 2.09. The summed E-state index contributed by atoms with van der Waals surface area (Å²) in [4.78, 5) is 0. The highest BCUT2D eigenvalue weighted by molar-refractivity contribution is 5.81. The zero-order valence-electron chi connectivity index (χ0n) is 9.94.